The minimum Gasteiger partial charge on any atom is -0.479 e. The standard InChI is InChI=1S/C24H18F3N3O2/c25-24(26,27)17-7-5-16(6-8-17)22(31)29-13-11-23(12-14-29)21-10-9-18(15-28)30(21)19-3-1-2-4-20(19)32-23/h1-10H,11-14H2. The van der Waals surface area contributed by atoms with Crippen LogP contribution in [0.1, 0.15) is 40.2 Å². The molecule has 2 aliphatic heterocycles. The molecule has 3 aromatic rings. The van der Waals surface area contributed by atoms with Gasteiger partial charge >= 0.3 is 6.18 Å². The molecule has 0 bridgehead atoms. The second-order valence-corrected chi connectivity index (χ2v) is 7.98. The fourth-order valence-corrected chi connectivity index (χ4v) is 4.54. The molecular formula is C24H18F3N3O2. The number of carbonyl (C=O) groups is 1. The van der Waals surface area contributed by atoms with Gasteiger partial charge in [0.1, 0.15) is 17.5 Å². The van der Waals surface area contributed by atoms with E-state index in [2.05, 4.69) is 6.07 Å². The molecule has 0 N–H and O–H groups in total. The van der Waals surface area contributed by atoms with Crippen LogP contribution >= 0.6 is 0 Å². The SMILES string of the molecule is N#Cc1ccc2n1-c1ccccc1OC21CCN(C(=O)c2ccc(C(F)(F)F)cc2)CC1. The average molecular weight is 437 g/mol. The maximum atomic E-state index is 12.9. The van der Waals surface area contributed by atoms with Gasteiger partial charge in [0.15, 0.2) is 5.60 Å². The zero-order valence-corrected chi connectivity index (χ0v) is 16.9. The van der Waals surface area contributed by atoms with E-state index in [1.165, 1.54) is 12.1 Å². The number of fused-ring (bicyclic) bond motifs is 4. The molecule has 32 heavy (non-hydrogen) atoms. The van der Waals surface area contributed by atoms with Crippen molar-refractivity contribution in [2.45, 2.75) is 24.6 Å². The topological polar surface area (TPSA) is 58.3 Å². The van der Waals surface area contributed by atoms with Crippen LogP contribution in [0.15, 0.2) is 60.7 Å². The van der Waals surface area contributed by atoms with Crippen molar-refractivity contribution >= 4 is 5.91 Å². The number of halogens is 3. The normalized spacial score (nSPS) is 16.6. The Morgan fingerprint density at radius 2 is 1.69 bits per heavy atom. The molecule has 0 unspecified atom stereocenters. The van der Waals surface area contributed by atoms with Crippen molar-refractivity contribution < 1.29 is 22.7 Å². The molecule has 0 radical (unpaired) electrons. The van der Waals surface area contributed by atoms with Crippen LogP contribution in [0.5, 0.6) is 5.75 Å². The highest BCUT2D eigenvalue weighted by Gasteiger charge is 2.45. The van der Waals surface area contributed by atoms with Crippen LogP contribution in [0, 0.1) is 11.3 Å². The number of nitriles is 1. The Kier molecular flexibility index (Phi) is 4.52. The van der Waals surface area contributed by atoms with E-state index in [4.69, 9.17) is 4.74 Å². The van der Waals surface area contributed by atoms with Crippen molar-refractivity contribution in [1.29, 1.82) is 5.26 Å². The van der Waals surface area contributed by atoms with Crippen molar-refractivity contribution in [2.75, 3.05) is 13.1 Å². The summed E-state index contributed by atoms with van der Waals surface area (Å²) in [5.74, 6) is 0.369. The van der Waals surface area contributed by atoms with Gasteiger partial charge in [-0.25, -0.2) is 0 Å². The Morgan fingerprint density at radius 3 is 2.34 bits per heavy atom. The van der Waals surface area contributed by atoms with Crippen molar-refractivity contribution in [1.82, 2.24) is 9.47 Å². The first-order valence-corrected chi connectivity index (χ1v) is 10.2. The molecule has 5 rings (SSSR count). The molecule has 5 nitrogen and oxygen atoms in total. The average Bonchev–Trinajstić information content (AvgIpc) is 3.24. The highest BCUT2D eigenvalue weighted by molar-refractivity contribution is 5.94. The minimum atomic E-state index is -4.44. The first kappa shape index (κ1) is 20.2. The highest BCUT2D eigenvalue weighted by atomic mass is 19.4. The monoisotopic (exact) mass is 437 g/mol. The number of para-hydroxylation sites is 2. The molecule has 3 heterocycles. The zero-order chi connectivity index (χ0) is 22.5. The van der Waals surface area contributed by atoms with Gasteiger partial charge in [0.2, 0.25) is 0 Å². The highest BCUT2D eigenvalue weighted by Crippen LogP contribution is 2.46. The summed E-state index contributed by atoms with van der Waals surface area (Å²) in [7, 11) is 0. The lowest BCUT2D eigenvalue weighted by atomic mass is 9.86. The van der Waals surface area contributed by atoms with Crippen molar-refractivity contribution in [2.24, 2.45) is 0 Å². The lowest BCUT2D eigenvalue weighted by Crippen LogP contribution is -2.50. The molecule has 1 fully saturated rings. The van der Waals surface area contributed by atoms with E-state index >= 15 is 0 Å². The van der Waals surface area contributed by atoms with Crippen LogP contribution in [0.25, 0.3) is 5.69 Å². The Balaban J connectivity index is 1.39. The second kappa shape index (κ2) is 7.16. The quantitative estimate of drug-likeness (QED) is 0.545. The number of benzene rings is 2. The Labute approximate surface area is 182 Å². The lowest BCUT2D eigenvalue weighted by molar-refractivity contribution is -0.137. The largest absolute Gasteiger partial charge is 0.479 e. The minimum absolute atomic E-state index is 0.221. The summed E-state index contributed by atoms with van der Waals surface area (Å²) >= 11 is 0. The number of amides is 1. The number of aromatic nitrogens is 1. The van der Waals surface area contributed by atoms with E-state index in [1.54, 1.807) is 11.0 Å². The third-order valence-electron chi connectivity index (χ3n) is 6.19. The predicted molar refractivity (Wildman–Crippen MR) is 109 cm³/mol. The van der Waals surface area contributed by atoms with Crippen LogP contribution < -0.4 is 4.74 Å². The van der Waals surface area contributed by atoms with E-state index < -0.39 is 17.3 Å². The van der Waals surface area contributed by atoms with Crippen molar-refractivity contribution in [3.63, 3.8) is 0 Å². The lowest BCUT2D eigenvalue weighted by Gasteiger charge is -2.45. The summed E-state index contributed by atoms with van der Waals surface area (Å²) in [4.78, 5) is 14.5. The van der Waals surface area contributed by atoms with Gasteiger partial charge < -0.3 is 9.64 Å². The number of nitrogens with zero attached hydrogens (tertiary/aromatic N) is 3. The van der Waals surface area contributed by atoms with Crippen LogP contribution in [0.4, 0.5) is 13.2 Å². The summed E-state index contributed by atoms with van der Waals surface area (Å²) in [5, 5.41) is 9.57. The molecule has 0 aliphatic carbocycles. The molecular weight excluding hydrogens is 419 g/mol. The second-order valence-electron chi connectivity index (χ2n) is 7.98. The number of hydrogen-bond acceptors (Lipinski definition) is 3. The number of likely N-dealkylation sites (tertiary alicyclic amines) is 1. The Morgan fingerprint density at radius 1 is 1.00 bits per heavy atom. The van der Waals surface area contributed by atoms with Gasteiger partial charge in [-0.1, -0.05) is 12.1 Å². The van der Waals surface area contributed by atoms with Crippen molar-refractivity contribution in [3.05, 3.63) is 83.2 Å². The number of piperidine rings is 1. The molecule has 8 heteroatoms. The summed E-state index contributed by atoms with van der Waals surface area (Å²) < 4.78 is 46.7. The van der Waals surface area contributed by atoms with E-state index in [1.807, 2.05) is 34.9 Å². The summed E-state index contributed by atoms with van der Waals surface area (Å²) in [5.41, 5.74) is 0.945. The summed E-state index contributed by atoms with van der Waals surface area (Å²) in [6.45, 7) is 0.768. The molecule has 2 aliphatic rings. The number of hydrogen-bond donors (Lipinski definition) is 0. The van der Waals surface area contributed by atoms with E-state index in [0.717, 1.165) is 23.5 Å². The third-order valence-corrected chi connectivity index (χ3v) is 6.19. The molecule has 1 saturated heterocycles. The van der Waals surface area contributed by atoms with Gasteiger partial charge in [-0.15, -0.1) is 0 Å². The maximum Gasteiger partial charge on any atom is 0.416 e. The molecule has 162 valence electrons. The van der Waals surface area contributed by atoms with E-state index in [0.29, 0.717) is 37.4 Å². The Hall–Kier alpha value is -3.73. The molecule has 2 aromatic carbocycles. The molecule has 1 aromatic heterocycles. The predicted octanol–water partition coefficient (Wildman–Crippen LogP) is 4.89. The summed E-state index contributed by atoms with van der Waals surface area (Å²) in [6, 6.07) is 17.7. The fraction of sp³-hybridized carbons (Fsp3) is 0.250. The number of ether oxygens (including phenoxy) is 1. The van der Waals surface area contributed by atoms with Crippen LogP contribution in [0.2, 0.25) is 0 Å². The van der Waals surface area contributed by atoms with Gasteiger partial charge in [-0.2, -0.15) is 18.4 Å². The van der Waals surface area contributed by atoms with E-state index in [-0.39, 0.29) is 11.5 Å². The van der Waals surface area contributed by atoms with Gasteiger partial charge in [0.25, 0.3) is 5.91 Å². The van der Waals surface area contributed by atoms with Crippen LogP contribution in [-0.4, -0.2) is 28.5 Å². The van der Waals surface area contributed by atoms with Crippen LogP contribution in [0.3, 0.4) is 0 Å². The number of carbonyl (C=O) groups excluding carboxylic acids is 1. The van der Waals surface area contributed by atoms with E-state index in [9.17, 15) is 23.2 Å². The molecule has 1 amide bonds. The fourth-order valence-electron chi connectivity index (χ4n) is 4.54. The molecule has 1 spiro atoms. The number of rotatable bonds is 1. The summed E-state index contributed by atoms with van der Waals surface area (Å²) in [6.07, 6.45) is -3.43. The van der Waals surface area contributed by atoms with Gasteiger partial charge in [0.05, 0.1) is 16.9 Å². The van der Waals surface area contributed by atoms with Crippen molar-refractivity contribution in [3.8, 4) is 17.5 Å². The first-order valence-electron chi connectivity index (χ1n) is 10.2. The Bertz CT molecular complexity index is 1230. The smallest absolute Gasteiger partial charge is 0.416 e. The van der Waals surface area contributed by atoms with Crippen LogP contribution in [-0.2, 0) is 11.8 Å². The van der Waals surface area contributed by atoms with Gasteiger partial charge in [-0.3, -0.25) is 9.36 Å². The zero-order valence-electron chi connectivity index (χ0n) is 16.9. The van der Waals surface area contributed by atoms with Gasteiger partial charge in [0, 0.05) is 31.5 Å². The number of alkyl halides is 3. The molecule has 0 atom stereocenters. The molecule has 0 saturated carbocycles. The first-order chi connectivity index (χ1) is 15.3. The maximum absolute atomic E-state index is 12.9. The third kappa shape index (κ3) is 3.12. The van der Waals surface area contributed by atoms with Gasteiger partial charge in [-0.05, 0) is 48.5 Å².